The van der Waals surface area contributed by atoms with E-state index in [1.807, 2.05) is 30.3 Å². The fraction of sp³-hybridized carbons (Fsp3) is 0.462. The van der Waals surface area contributed by atoms with E-state index in [1.165, 1.54) is 0 Å². The van der Waals surface area contributed by atoms with Crippen LogP contribution < -0.4 is 0 Å². The molecule has 100 valence electrons. The third-order valence-electron chi connectivity index (χ3n) is 3.09. The number of Topliss-reactive ketones (excluding diaryl/α,β-unsaturated/α-hetero) is 1. The molecule has 0 radical (unpaired) electrons. The van der Waals surface area contributed by atoms with Crippen LogP contribution in [0.5, 0.6) is 0 Å². The molecule has 0 spiro atoms. The van der Waals surface area contributed by atoms with E-state index in [4.69, 9.17) is 10.3 Å². The van der Waals surface area contributed by atoms with Gasteiger partial charge >= 0.3 is 0 Å². The van der Waals surface area contributed by atoms with Crippen LogP contribution in [0.1, 0.15) is 18.4 Å². The smallest absolute Gasteiger partial charge is 0.164 e. The highest BCUT2D eigenvalue weighted by atomic mass is 16.5. The van der Waals surface area contributed by atoms with Crippen LogP contribution in [-0.4, -0.2) is 29.1 Å². The number of nitrogens with zero attached hydrogens (tertiary/aromatic N) is 3. The van der Waals surface area contributed by atoms with E-state index in [0.717, 1.165) is 5.56 Å². The van der Waals surface area contributed by atoms with Crippen molar-refractivity contribution < 1.29 is 14.6 Å². The van der Waals surface area contributed by atoms with E-state index >= 15 is 0 Å². The summed E-state index contributed by atoms with van der Waals surface area (Å²) in [7, 11) is 0. The number of ketones is 1. The fourth-order valence-electron chi connectivity index (χ4n) is 2.19. The molecule has 0 bridgehead atoms. The van der Waals surface area contributed by atoms with Crippen molar-refractivity contribution in [3.05, 3.63) is 46.3 Å². The molecule has 3 atom stereocenters. The van der Waals surface area contributed by atoms with Gasteiger partial charge in [-0.25, -0.2) is 0 Å². The van der Waals surface area contributed by atoms with Gasteiger partial charge in [0, 0.05) is 11.3 Å². The highest BCUT2D eigenvalue weighted by molar-refractivity contribution is 5.85. The zero-order valence-corrected chi connectivity index (χ0v) is 10.3. The summed E-state index contributed by atoms with van der Waals surface area (Å²) in [5, 5.41) is 13.1. The van der Waals surface area contributed by atoms with Crippen LogP contribution in [0.4, 0.5) is 0 Å². The first-order valence-electron chi connectivity index (χ1n) is 6.11. The number of ether oxygens (including phenoxy) is 1. The number of aliphatic hydroxyl groups is 1. The topological polar surface area (TPSA) is 95.3 Å². The molecule has 0 aliphatic heterocycles. The minimum atomic E-state index is -0.764. The first-order chi connectivity index (χ1) is 9.20. The summed E-state index contributed by atoms with van der Waals surface area (Å²) in [6.45, 7) is 0.283. The number of hydrogen-bond donors (Lipinski definition) is 1. The molecule has 0 aromatic heterocycles. The van der Waals surface area contributed by atoms with Gasteiger partial charge in [-0.15, -0.1) is 0 Å². The van der Waals surface area contributed by atoms with Gasteiger partial charge in [0.1, 0.15) is 6.10 Å². The van der Waals surface area contributed by atoms with E-state index in [1.54, 1.807) is 0 Å². The van der Waals surface area contributed by atoms with Crippen molar-refractivity contribution >= 4 is 5.78 Å². The second-order valence-electron chi connectivity index (χ2n) is 4.55. The predicted octanol–water partition coefficient (Wildman–Crippen LogP) is 1.97. The number of carbonyl (C=O) groups is 1. The Morgan fingerprint density at radius 2 is 2.16 bits per heavy atom. The van der Waals surface area contributed by atoms with Crippen LogP contribution in [0, 0.1) is 0 Å². The number of carbonyl (C=O) groups excluding carboxylic acids is 1. The molecule has 1 aromatic rings. The quantitative estimate of drug-likeness (QED) is 0.510. The summed E-state index contributed by atoms with van der Waals surface area (Å²) in [6.07, 6.45) is -1.20. The van der Waals surface area contributed by atoms with Gasteiger partial charge in [0.2, 0.25) is 0 Å². The van der Waals surface area contributed by atoms with E-state index in [-0.39, 0.29) is 25.2 Å². The number of hydrogen-bond acceptors (Lipinski definition) is 4. The molecule has 0 heterocycles. The van der Waals surface area contributed by atoms with Crippen molar-refractivity contribution in [2.24, 2.45) is 5.11 Å². The molecule has 19 heavy (non-hydrogen) atoms. The first kappa shape index (κ1) is 13.5. The van der Waals surface area contributed by atoms with Crippen molar-refractivity contribution in [3.63, 3.8) is 0 Å². The summed E-state index contributed by atoms with van der Waals surface area (Å²) < 4.78 is 5.57. The number of rotatable bonds is 4. The Morgan fingerprint density at radius 1 is 1.42 bits per heavy atom. The molecular formula is C13H15N3O3. The second kappa shape index (κ2) is 6.33. The largest absolute Gasteiger partial charge is 0.393 e. The average molecular weight is 261 g/mol. The van der Waals surface area contributed by atoms with Gasteiger partial charge in [0.05, 0.1) is 18.8 Å². The lowest BCUT2D eigenvalue weighted by Gasteiger charge is -2.29. The SMILES string of the molecule is [N-]=[N+]=NC1C[C@@H](O)CC(=O)[C@H]1OCc1ccccc1. The molecule has 0 saturated heterocycles. The van der Waals surface area contributed by atoms with Crippen LogP contribution >= 0.6 is 0 Å². The number of azide groups is 1. The van der Waals surface area contributed by atoms with E-state index in [9.17, 15) is 9.90 Å². The lowest BCUT2D eigenvalue weighted by Crippen LogP contribution is -2.44. The zero-order chi connectivity index (χ0) is 13.7. The van der Waals surface area contributed by atoms with Crippen molar-refractivity contribution in [1.29, 1.82) is 0 Å². The van der Waals surface area contributed by atoms with Crippen LogP contribution in [0.3, 0.4) is 0 Å². The Balaban J connectivity index is 2.03. The van der Waals surface area contributed by atoms with Crippen LogP contribution in [-0.2, 0) is 16.1 Å². The van der Waals surface area contributed by atoms with Gasteiger partial charge < -0.3 is 9.84 Å². The molecule has 1 fully saturated rings. The van der Waals surface area contributed by atoms with E-state index in [0.29, 0.717) is 0 Å². The molecule has 2 rings (SSSR count). The molecule has 0 amide bonds. The molecule has 1 saturated carbocycles. The van der Waals surface area contributed by atoms with Crippen molar-refractivity contribution in [2.45, 2.75) is 37.7 Å². The Morgan fingerprint density at radius 3 is 2.84 bits per heavy atom. The summed E-state index contributed by atoms with van der Waals surface area (Å²) in [5.41, 5.74) is 9.45. The summed E-state index contributed by atoms with van der Waals surface area (Å²) in [4.78, 5) is 14.6. The lowest BCUT2D eigenvalue weighted by atomic mass is 9.89. The summed E-state index contributed by atoms with van der Waals surface area (Å²) in [6, 6.07) is 8.82. The zero-order valence-electron chi connectivity index (χ0n) is 10.3. The van der Waals surface area contributed by atoms with E-state index in [2.05, 4.69) is 10.0 Å². The van der Waals surface area contributed by atoms with Crippen LogP contribution in [0.2, 0.25) is 0 Å². The minimum Gasteiger partial charge on any atom is -0.393 e. The van der Waals surface area contributed by atoms with Crippen molar-refractivity contribution in [2.75, 3.05) is 0 Å². The fourth-order valence-corrected chi connectivity index (χ4v) is 2.19. The molecule has 1 aliphatic rings. The normalized spacial score (nSPS) is 26.8. The Kier molecular flexibility index (Phi) is 4.52. The van der Waals surface area contributed by atoms with Crippen LogP contribution in [0.15, 0.2) is 35.4 Å². The molecule has 1 unspecified atom stereocenters. The van der Waals surface area contributed by atoms with Gasteiger partial charge in [0.15, 0.2) is 5.78 Å². The van der Waals surface area contributed by atoms with Crippen LogP contribution in [0.25, 0.3) is 10.4 Å². The molecule has 6 heteroatoms. The third-order valence-corrected chi connectivity index (χ3v) is 3.09. The monoisotopic (exact) mass is 261 g/mol. The highest BCUT2D eigenvalue weighted by Gasteiger charge is 2.36. The molecule has 6 nitrogen and oxygen atoms in total. The first-order valence-corrected chi connectivity index (χ1v) is 6.11. The minimum absolute atomic E-state index is 0.0525. The Labute approximate surface area is 110 Å². The maximum Gasteiger partial charge on any atom is 0.164 e. The highest BCUT2D eigenvalue weighted by Crippen LogP contribution is 2.23. The van der Waals surface area contributed by atoms with Gasteiger partial charge in [-0.3, -0.25) is 4.79 Å². The van der Waals surface area contributed by atoms with Gasteiger partial charge in [0.25, 0.3) is 0 Å². The maximum absolute atomic E-state index is 11.8. The lowest BCUT2D eigenvalue weighted by molar-refractivity contribution is -0.139. The maximum atomic E-state index is 11.8. The van der Waals surface area contributed by atoms with Gasteiger partial charge in [-0.05, 0) is 17.5 Å². The standard InChI is InChI=1S/C13H15N3O3/c14-16-15-11-6-10(17)7-12(18)13(11)19-8-9-4-2-1-3-5-9/h1-5,10-11,13,17H,6-8H2/t10-,11?,13+/m1/s1. The molecular weight excluding hydrogens is 246 g/mol. The number of aliphatic hydroxyl groups excluding tert-OH is 1. The van der Waals surface area contributed by atoms with E-state index < -0.39 is 18.2 Å². The number of benzene rings is 1. The predicted molar refractivity (Wildman–Crippen MR) is 68.2 cm³/mol. The Hall–Kier alpha value is -1.88. The van der Waals surface area contributed by atoms with Gasteiger partial charge in [-0.2, -0.15) is 0 Å². The van der Waals surface area contributed by atoms with Crippen molar-refractivity contribution in [1.82, 2.24) is 0 Å². The molecule has 1 aliphatic carbocycles. The summed E-state index contributed by atoms with van der Waals surface area (Å²) in [5.74, 6) is -0.216. The summed E-state index contributed by atoms with van der Waals surface area (Å²) >= 11 is 0. The third kappa shape index (κ3) is 3.54. The average Bonchev–Trinajstić information content (AvgIpc) is 2.39. The molecule has 1 aromatic carbocycles. The molecule has 1 N–H and O–H groups in total. The van der Waals surface area contributed by atoms with Gasteiger partial charge in [-0.1, -0.05) is 35.4 Å². The second-order valence-corrected chi connectivity index (χ2v) is 4.55. The Bertz CT molecular complexity index is 485. The van der Waals surface area contributed by atoms with Crippen molar-refractivity contribution in [3.8, 4) is 0 Å².